The van der Waals surface area contributed by atoms with Crippen molar-refractivity contribution in [3.05, 3.63) is 59.5 Å². The molecular formula is C17H20N4. The van der Waals surface area contributed by atoms with Gasteiger partial charge in [-0.05, 0) is 30.2 Å². The highest BCUT2D eigenvalue weighted by atomic mass is 15.3. The van der Waals surface area contributed by atoms with E-state index in [1.165, 1.54) is 5.69 Å². The Morgan fingerprint density at radius 3 is 2.81 bits per heavy atom. The molecule has 2 aromatic heterocycles. The molecule has 1 atom stereocenters. The second-order valence-electron chi connectivity index (χ2n) is 5.33. The van der Waals surface area contributed by atoms with Gasteiger partial charge in [0.2, 0.25) is 0 Å². The molecule has 0 bridgehead atoms. The lowest BCUT2D eigenvalue weighted by Gasteiger charge is -2.14. The van der Waals surface area contributed by atoms with Crippen LogP contribution in [-0.2, 0) is 19.9 Å². The van der Waals surface area contributed by atoms with Crippen molar-refractivity contribution in [1.29, 1.82) is 0 Å². The lowest BCUT2D eigenvalue weighted by atomic mass is 9.99. The van der Waals surface area contributed by atoms with Gasteiger partial charge in [0.15, 0.2) is 0 Å². The molecule has 0 aliphatic heterocycles. The second-order valence-corrected chi connectivity index (χ2v) is 5.33. The Balaban J connectivity index is 1.93. The number of nitrogens with zero attached hydrogens (tertiary/aromatic N) is 3. The Labute approximate surface area is 124 Å². The summed E-state index contributed by atoms with van der Waals surface area (Å²) >= 11 is 0. The second kappa shape index (κ2) is 5.66. The number of rotatable bonds is 4. The number of hydrogen-bond donors (Lipinski definition) is 1. The molecule has 0 fully saturated rings. The van der Waals surface area contributed by atoms with Gasteiger partial charge in [-0.1, -0.05) is 25.1 Å². The predicted octanol–water partition coefficient (Wildman–Crippen LogP) is 2.77. The third-order valence-corrected chi connectivity index (χ3v) is 3.90. The van der Waals surface area contributed by atoms with Crippen LogP contribution in [0.2, 0.25) is 0 Å². The van der Waals surface area contributed by atoms with Crippen molar-refractivity contribution >= 4 is 10.9 Å². The minimum Gasteiger partial charge on any atom is -0.324 e. The summed E-state index contributed by atoms with van der Waals surface area (Å²) in [4.78, 5) is 4.39. The first-order chi connectivity index (χ1) is 10.2. The maximum atomic E-state index is 6.44. The zero-order valence-corrected chi connectivity index (χ0v) is 12.5. The van der Waals surface area contributed by atoms with Crippen molar-refractivity contribution in [2.45, 2.75) is 25.8 Å². The molecule has 0 amide bonds. The molecule has 1 unspecified atom stereocenters. The molecule has 0 radical (unpaired) electrons. The third kappa shape index (κ3) is 2.67. The van der Waals surface area contributed by atoms with Crippen molar-refractivity contribution in [3.63, 3.8) is 0 Å². The van der Waals surface area contributed by atoms with Gasteiger partial charge >= 0.3 is 0 Å². The van der Waals surface area contributed by atoms with Crippen molar-refractivity contribution in [1.82, 2.24) is 14.8 Å². The van der Waals surface area contributed by atoms with Crippen LogP contribution in [0.3, 0.4) is 0 Å². The van der Waals surface area contributed by atoms with E-state index in [-0.39, 0.29) is 6.04 Å². The van der Waals surface area contributed by atoms with Crippen molar-refractivity contribution in [3.8, 4) is 0 Å². The summed E-state index contributed by atoms with van der Waals surface area (Å²) in [6, 6.07) is 12.2. The third-order valence-electron chi connectivity index (χ3n) is 3.90. The van der Waals surface area contributed by atoms with Gasteiger partial charge in [-0.25, -0.2) is 0 Å². The summed E-state index contributed by atoms with van der Waals surface area (Å²) in [5, 5.41) is 5.62. The number of hydrogen-bond acceptors (Lipinski definition) is 3. The van der Waals surface area contributed by atoms with Crippen molar-refractivity contribution in [2.75, 3.05) is 0 Å². The van der Waals surface area contributed by atoms with E-state index in [1.807, 2.05) is 42.2 Å². The maximum Gasteiger partial charge on any atom is 0.0705 e. The van der Waals surface area contributed by atoms with Gasteiger partial charge in [-0.15, -0.1) is 0 Å². The molecule has 0 spiro atoms. The molecular weight excluding hydrogens is 260 g/mol. The quantitative estimate of drug-likeness (QED) is 0.799. The van der Waals surface area contributed by atoms with Crippen molar-refractivity contribution < 1.29 is 0 Å². The number of benzene rings is 1. The zero-order chi connectivity index (χ0) is 14.8. The van der Waals surface area contributed by atoms with E-state index in [0.29, 0.717) is 0 Å². The van der Waals surface area contributed by atoms with Gasteiger partial charge in [-0.2, -0.15) is 5.10 Å². The molecule has 4 nitrogen and oxygen atoms in total. The van der Waals surface area contributed by atoms with Crippen LogP contribution in [0.15, 0.2) is 42.6 Å². The lowest BCUT2D eigenvalue weighted by molar-refractivity contribution is 0.640. The average Bonchev–Trinajstić information content (AvgIpc) is 2.87. The number of aryl methyl sites for hydroxylation is 2. The van der Waals surface area contributed by atoms with Crippen molar-refractivity contribution in [2.24, 2.45) is 12.8 Å². The van der Waals surface area contributed by atoms with E-state index >= 15 is 0 Å². The molecule has 0 aliphatic rings. The van der Waals surface area contributed by atoms with Crippen LogP contribution in [0.4, 0.5) is 0 Å². The zero-order valence-electron chi connectivity index (χ0n) is 12.5. The Morgan fingerprint density at radius 1 is 1.24 bits per heavy atom. The van der Waals surface area contributed by atoms with Crippen LogP contribution < -0.4 is 5.73 Å². The fourth-order valence-corrected chi connectivity index (χ4v) is 2.71. The highest BCUT2D eigenvalue weighted by Gasteiger charge is 2.14. The standard InChI is InChI=1S/C17H20N4/c1-3-12-10-13(21(2)20-12)11-16(18)14-8-9-19-17-7-5-4-6-15(14)17/h4-10,16H,3,11,18H2,1-2H3. The number of nitrogens with two attached hydrogens (primary N) is 1. The highest BCUT2D eigenvalue weighted by molar-refractivity contribution is 5.82. The van der Waals surface area contributed by atoms with E-state index in [4.69, 9.17) is 5.73 Å². The monoisotopic (exact) mass is 280 g/mol. The van der Waals surface area contributed by atoms with Gasteiger partial charge in [0, 0.05) is 36.8 Å². The number of pyridine rings is 1. The maximum absolute atomic E-state index is 6.44. The molecule has 0 saturated heterocycles. The molecule has 0 saturated carbocycles. The Morgan fingerprint density at radius 2 is 2.05 bits per heavy atom. The van der Waals surface area contributed by atoms with Gasteiger partial charge in [0.1, 0.15) is 0 Å². The fraction of sp³-hybridized carbons (Fsp3) is 0.294. The molecule has 2 heterocycles. The van der Waals surface area contributed by atoms with Gasteiger partial charge in [-0.3, -0.25) is 9.67 Å². The van der Waals surface area contributed by atoms with Gasteiger partial charge in [0.05, 0.1) is 11.2 Å². The first-order valence-electron chi connectivity index (χ1n) is 7.30. The Kier molecular flexibility index (Phi) is 3.71. The normalized spacial score (nSPS) is 12.7. The van der Waals surface area contributed by atoms with Crippen LogP contribution in [0.5, 0.6) is 0 Å². The first kappa shape index (κ1) is 13.8. The van der Waals surface area contributed by atoms with E-state index in [1.54, 1.807) is 0 Å². The van der Waals surface area contributed by atoms with E-state index in [9.17, 15) is 0 Å². The van der Waals surface area contributed by atoms with E-state index in [0.717, 1.165) is 35.0 Å². The van der Waals surface area contributed by atoms with Crippen LogP contribution in [0, 0.1) is 0 Å². The van der Waals surface area contributed by atoms with Crippen LogP contribution >= 0.6 is 0 Å². The summed E-state index contributed by atoms with van der Waals surface area (Å²) in [5.41, 5.74) is 10.9. The first-order valence-corrected chi connectivity index (χ1v) is 7.30. The summed E-state index contributed by atoms with van der Waals surface area (Å²) in [6.07, 6.45) is 3.55. The molecule has 108 valence electrons. The van der Waals surface area contributed by atoms with Crippen LogP contribution in [0.25, 0.3) is 10.9 Å². The number of aromatic nitrogens is 3. The minimum absolute atomic E-state index is 0.0574. The van der Waals surface area contributed by atoms with Crippen LogP contribution in [0.1, 0.15) is 29.9 Å². The SMILES string of the molecule is CCc1cc(CC(N)c2ccnc3ccccc23)n(C)n1. The van der Waals surface area contributed by atoms with Crippen LogP contribution in [-0.4, -0.2) is 14.8 Å². The largest absolute Gasteiger partial charge is 0.324 e. The molecule has 4 heteroatoms. The Hall–Kier alpha value is -2.20. The fourth-order valence-electron chi connectivity index (χ4n) is 2.71. The topological polar surface area (TPSA) is 56.7 Å². The van der Waals surface area contributed by atoms with Gasteiger partial charge < -0.3 is 5.73 Å². The smallest absolute Gasteiger partial charge is 0.0705 e. The summed E-state index contributed by atoms with van der Waals surface area (Å²) < 4.78 is 1.93. The van der Waals surface area contributed by atoms with E-state index < -0.39 is 0 Å². The minimum atomic E-state index is -0.0574. The molecule has 1 aromatic carbocycles. The lowest BCUT2D eigenvalue weighted by Crippen LogP contribution is -2.16. The predicted molar refractivity (Wildman–Crippen MR) is 85.0 cm³/mol. The summed E-state index contributed by atoms with van der Waals surface area (Å²) in [6.45, 7) is 2.11. The molecule has 3 rings (SSSR count). The molecule has 21 heavy (non-hydrogen) atoms. The average molecular weight is 280 g/mol. The summed E-state index contributed by atoms with van der Waals surface area (Å²) in [5.74, 6) is 0. The Bertz CT molecular complexity index is 755. The highest BCUT2D eigenvalue weighted by Crippen LogP contribution is 2.24. The summed E-state index contributed by atoms with van der Waals surface area (Å²) in [7, 11) is 1.98. The molecule has 3 aromatic rings. The molecule has 2 N–H and O–H groups in total. The number of fused-ring (bicyclic) bond motifs is 1. The number of para-hydroxylation sites is 1. The molecule has 0 aliphatic carbocycles. The van der Waals surface area contributed by atoms with E-state index in [2.05, 4.69) is 29.1 Å². The van der Waals surface area contributed by atoms with Gasteiger partial charge in [0.25, 0.3) is 0 Å².